The Morgan fingerprint density at radius 1 is 0.688 bits per heavy atom. The second-order valence-electron chi connectivity index (χ2n) is 3.92. The van der Waals surface area contributed by atoms with Crippen LogP contribution in [0.1, 0.15) is 11.1 Å². The molecular weight excluding hydrogens is 239 g/mol. The van der Waals surface area contributed by atoms with E-state index in [-0.39, 0.29) is 0 Å². The molecule has 0 bridgehead atoms. The molecule has 0 aliphatic carbocycles. The number of rotatable bonds is 1. The zero-order valence-corrected chi connectivity index (χ0v) is 10.7. The minimum atomic E-state index is 0.759. The van der Waals surface area contributed by atoms with Crippen molar-refractivity contribution in [1.82, 2.24) is 0 Å². The average Bonchev–Trinajstić information content (AvgIpc) is 2.22. The monoisotopic (exact) mass is 250 g/mol. The van der Waals surface area contributed by atoms with E-state index in [9.17, 15) is 0 Å². The fraction of sp³-hybridized carbons (Fsp3) is 0.143. The maximum Gasteiger partial charge on any atom is 0.0412 e. The second-order valence-corrected chi connectivity index (χ2v) is 4.79. The fourth-order valence-corrected chi connectivity index (χ4v) is 2.21. The first-order valence-electron chi connectivity index (χ1n) is 5.10. The van der Waals surface area contributed by atoms with Crippen molar-refractivity contribution in [2.75, 3.05) is 0 Å². The van der Waals surface area contributed by atoms with Gasteiger partial charge in [0.25, 0.3) is 0 Å². The third-order valence-corrected chi connectivity index (χ3v) is 3.15. The van der Waals surface area contributed by atoms with Crippen LogP contribution in [-0.4, -0.2) is 0 Å². The van der Waals surface area contributed by atoms with Gasteiger partial charge in [-0.25, -0.2) is 0 Å². The van der Waals surface area contributed by atoms with Crippen molar-refractivity contribution in [3.05, 3.63) is 57.6 Å². The van der Waals surface area contributed by atoms with Crippen LogP contribution in [0.15, 0.2) is 36.4 Å². The van der Waals surface area contributed by atoms with Crippen molar-refractivity contribution in [1.29, 1.82) is 0 Å². The summed E-state index contributed by atoms with van der Waals surface area (Å²) in [4.78, 5) is 0. The van der Waals surface area contributed by atoms with Gasteiger partial charge in [0.2, 0.25) is 0 Å². The highest BCUT2D eigenvalue weighted by molar-refractivity contribution is 6.31. The standard InChI is InChI=1S/C14H12Cl2/c1-9-3-4-12(16)8-14(9)13-6-5-11(15)7-10(13)2/h3-8H,1-2H3. The fourth-order valence-electron chi connectivity index (χ4n) is 1.81. The molecule has 0 atom stereocenters. The largest absolute Gasteiger partial charge is 0.0843 e. The first-order chi connectivity index (χ1) is 7.58. The van der Waals surface area contributed by atoms with Crippen LogP contribution in [0.5, 0.6) is 0 Å². The van der Waals surface area contributed by atoms with E-state index < -0.39 is 0 Å². The van der Waals surface area contributed by atoms with Gasteiger partial charge in [-0.05, 0) is 60.4 Å². The van der Waals surface area contributed by atoms with Crippen LogP contribution >= 0.6 is 23.2 Å². The lowest BCUT2D eigenvalue weighted by Gasteiger charge is -2.10. The Hall–Kier alpha value is -0.980. The lowest BCUT2D eigenvalue weighted by Crippen LogP contribution is -1.87. The van der Waals surface area contributed by atoms with E-state index in [0.29, 0.717) is 0 Å². The summed E-state index contributed by atoms with van der Waals surface area (Å²) in [5, 5.41) is 1.52. The van der Waals surface area contributed by atoms with Gasteiger partial charge in [-0.15, -0.1) is 0 Å². The molecule has 0 nitrogen and oxygen atoms in total. The molecule has 0 saturated carbocycles. The van der Waals surface area contributed by atoms with E-state index in [2.05, 4.69) is 13.8 Å². The molecule has 0 unspecified atom stereocenters. The Kier molecular flexibility index (Phi) is 3.22. The molecule has 2 aromatic carbocycles. The zero-order chi connectivity index (χ0) is 11.7. The summed E-state index contributed by atoms with van der Waals surface area (Å²) in [6, 6.07) is 11.8. The normalized spacial score (nSPS) is 10.5. The van der Waals surface area contributed by atoms with Gasteiger partial charge in [0.05, 0.1) is 0 Å². The Bertz CT molecular complexity index is 530. The van der Waals surface area contributed by atoms with Gasteiger partial charge in [0, 0.05) is 10.0 Å². The molecule has 0 heterocycles. The first kappa shape index (κ1) is 11.5. The van der Waals surface area contributed by atoms with E-state index in [0.717, 1.165) is 15.6 Å². The average molecular weight is 251 g/mol. The zero-order valence-electron chi connectivity index (χ0n) is 9.22. The Morgan fingerprint density at radius 2 is 1.31 bits per heavy atom. The lowest BCUT2D eigenvalue weighted by molar-refractivity contribution is 1.41. The molecule has 2 rings (SSSR count). The van der Waals surface area contributed by atoms with Crippen molar-refractivity contribution in [3.63, 3.8) is 0 Å². The molecule has 0 amide bonds. The Balaban J connectivity index is 2.62. The third kappa shape index (κ3) is 2.23. The molecule has 0 aliphatic heterocycles. The maximum atomic E-state index is 6.02. The molecule has 2 aromatic rings. The Labute approximate surface area is 106 Å². The molecule has 2 heteroatoms. The summed E-state index contributed by atoms with van der Waals surface area (Å²) in [5.41, 5.74) is 4.73. The van der Waals surface area contributed by atoms with Gasteiger partial charge in [-0.3, -0.25) is 0 Å². The minimum absolute atomic E-state index is 0.759. The van der Waals surface area contributed by atoms with Crippen LogP contribution in [0.25, 0.3) is 11.1 Å². The second kappa shape index (κ2) is 4.48. The summed E-state index contributed by atoms with van der Waals surface area (Å²) < 4.78 is 0. The number of benzene rings is 2. The molecule has 0 aliphatic rings. The highest BCUT2D eigenvalue weighted by Crippen LogP contribution is 2.30. The molecule has 16 heavy (non-hydrogen) atoms. The number of hydrogen-bond donors (Lipinski definition) is 0. The van der Waals surface area contributed by atoms with Crippen molar-refractivity contribution in [2.45, 2.75) is 13.8 Å². The van der Waals surface area contributed by atoms with Crippen LogP contribution in [0.3, 0.4) is 0 Å². The number of aryl methyl sites for hydroxylation is 2. The van der Waals surface area contributed by atoms with Gasteiger partial charge >= 0.3 is 0 Å². The van der Waals surface area contributed by atoms with Gasteiger partial charge in [-0.1, -0.05) is 35.3 Å². The highest BCUT2D eigenvalue weighted by Gasteiger charge is 2.06. The molecule has 82 valence electrons. The van der Waals surface area contributed by atoms with Gasteiger partial charge in [0.1, 0.15) is 0 Å². The first-order valence-corrected chi connectivity index (χ1v) is 5.86. The molecule has 0 radical (unpaired) electrons. The SMILES string of the molecule is Cc1cc(Cl)ccc1-c1cc(Cl)ccc1C. The third-order valence-electron chi connectivity index (χ3n) is 2.68. The quantitative estimate of drug-likeness (QED) is 0.647. The summed E-state index contributed by atoms with van der Waals surface area (Å²) in [5.74, 6) is 0. The van der Waals surface area contributed by atoms with Gasteiger partial charge in [-0.2, -0.15) is 0 Å². The minimum Gasteiger partial charge on any atom is -0.0843 e. The molecular formula is C14H12Cl2. The number of hydrogen-bond acceptors (Lipinski definition) is 0. The van der Waals surface area contributed by atoms with Crippen LogP contribution in [-0.2, 0) is 0 Å². The van der Waals surface area contributed by atoms with E-state index in [1.165, 1.54) is 16.7 Å². The molecule has 0 N–H and O–H groups in total. The molecule has 0 spiro atoms. The van der Waals surface area contributed by atoms with Gasteiger partial charge in [0.15, 0.2) is 0 Å². The van der Waals surface area contributed by atoms with Crippen molar-refractivity contribution in [3.8, 4) is 11.1 Å². The van der Waals surface area contributed by atoms with E-state index >= 15 is 0 Å². The maximum absolute atomic E-state index is 6.02. The Morgan fingerprint density at radius 3 is 2.00 bits per heavy atom. The summed E-state index contributed by atoms with van der Waals surface area (Å²) in [7, 11) is 0. The lowest BCUT2D eigenvalue weighted by atomic mass is 9.97. The molecule has 0 fully saturated rings. The molecule has 0 aromatic heterocycles. The van der Waals surface area contributed by atoms with Crippen molar-refractivity contribution < 1.29 is 0 Å². The summed E-state index contributed by atoms with van der Waals surface area (Å²) >= 11 is 12.0. The number of halogens is 2. The van der Waals surface area contributed by atoms with E-state index in [1.807, 2.05) is 36.4 Å². The highest BCUT2D eigenvalue weighted by atomic mass is 35.5. The summed E-state index contributed by atoms with van der Waals surface area (Å²) in [6.45, 7) is 4.14. The smallest absolute Gasteiger partial charge is 0.0412 e. The van der Waals surface area contributed by atoms with Crippen molar-refractivity contribution in [2.24, 2.45) is 0 Å². The van der Waals surface area contributed by atoms with E-state index in [1.54, 1.807) is 0 Å². The van der Waals surface area contributed by atoms with Crippen LogP contribution in [0.2, 0.25) is 10.0 Å². The van der Waals surface area contributed by atoms with Crippen LogP contribution < -0.4 is 0 Å². The van der Waals surface area contributed by atoms with Crippen LogP contribution in [0, 0.1) is 13.8 Å². The van der Waals surface area contributed by atoms with E-state index in [4.69, 9.17) is 23.2 Å². The summed E-state index contributed by atoms with van der Waals surface area (Å²) in [6.07, 6.45) is 0. The predicted octanol–water partition coefficient (Wildman–Crippen LogP) is 5.28. The van der Waals surface area contributed by atoms with Crippen molar-refractivity contribution >= 4 is 23.2 Å². The van der Waals surface area contributed by atoms with Gasteiger partial charge < -0.3 is 0 Å². The topological polar surface area (TPSA) is 0 Å². The predicted molar refractivity (Wildman–Crippen MR) is 71.4 cm³/mol. The molecule has 0 saturated heterocycles. The van der Waals surface area contributed by atoms with Crippen LogP contribution in [0.4, 0.5) is 0 Å².